The van der Waals surface area contributed by atoms with Crippen molar-refractivity contribution in [1.82, 2.24) is 5.32 Å². The Balaban J connectivity index is 1.87. The third-order valence-corrected chi connectivity index (χ3v) is 2.79. The summed E-state index contributed by atoms with van der Waals surface area (Å²) < 4.78 is 10.8. The number of hydrogen-bond acceptors (Lipinski definition) is 5. The van der Waals surface area contributed by atoms with Crippen LogP contribution in [0.5, 0.6) is 0 Å². The van der Waals surface area contributed by atoms with Crippen LogP contribution >= 0.6 is 0 Å². The average Bonchev–Trinajstić information content (AvgIpc) is 2.81. The maximum Gasteiger partial charge on any atom is 0.217 e. The van der Waals surface area contributed by atoms with Crippen molar-refractivity contribution in [1.29, 1.82) is 0 Å². The first-order valence-electron chi connectivity index (χ1n) is 6.55. The second-order valence-electron chi connectivity index (χ2n) is 4.60. The lowest BCUT2D eigenvalue weighted by atomic mass is 10.2. The molecule has 0 bridgehead atoms. The van der Waals surface area contributed by atoms with Gasteiger partial charge in [-0.25, -0.2) is 0 Å². The standard InChI is InChI=1S/C12H24N2O4/c13-12(16)4-1-5-14-7-10(15)8-17-9-11-3-2-6-18-11/h10-11,14-15H,1-9H2,(H2,13,16). The average molecular weight is 260 g/mol. The van der Waals surface area contributed by atoms with Crippen molar-refractivity contribution in [2.75, 3.05) is 32.9 Å². The summed E-state index contributed by atoms with van der Waals surface area (Å²) in [5.41, 5.74) is 5.01. The maximum absolute atomic E-state index is 10.5. The summed E-state index contributed by atoms with van der Waals surface area (Å²) in [6, 6.07) is 0. The van der Waals surface area contributed by atoms with E-state index in [2.05, 4.69) is 5.32 Å². The molecule has 0 aromatic heterocycles. The molecule has 0 spiro atoms. The first-order chi connectivity index (χ1) is 8.68. The molecule has 1 fully saturated rings. The number of aliphatic hydroxyl groups excluding tert-OH is 1. The van der Waals surface area contributed by atoms with E-state index in [0.717, 1.165) is 19.4 Å². The first-order valence-corrected chi connectivity index (χ1v) is 6.55. The lowest BCUT2D eigenvalue weighted by molar-refractivity contribution is -0.118. The van der Waals surface area contributed by atoms with E-state index in [4.69, 9.17) is 15.2 Å². The molecule has 1 rings (SSSR count). The zero-order valence-corrected chi connectivity index (χ0v) is 10.8. The fraction of sp³-hybridized carbons (Fsp3) is 0.917. The van der Waals surface area contributed by atoms with Crippen LogP contribution in [0.3, 0.4) is 0 Å². The quantitative estimate of drug-likeness (QED) is 0.456. The van der Waals surface area contributed by atoms with Gasteiger partial charge in [0.15, 0.2) is 0 Å². The molecular weight excluding hydrogens is 236 g/mol. The molecule has 0 aliphatic carbocycles. The minimum atomic E-state index is -0.528. The van der Waals surface area contributed by atoms with Gasteiger partial charge in [0, 0.05) is 19.6 Å². The summed E-state index contributed by atoms with van der Waals surface area (Å²) in [6.45, 7) is 2.81. The van der Waals surface area contributed by atoms with Crippen molar-refractivity contribution in [2.45, 2.75) is 37.9 Å². The number of rotatable bonds is 10. The highest BCUT2D eigenvalue weighted by Gasteiger charge is 2.15. The van der Waals surface area contributed by atoms with Gasteiger partial charge in [-0.2, -0.15) is 0 Å². The molecule has 1 aliphatic rings. The Labute approximate surface area is 108 Å². The number of primary amides is 1. The number of nitrogens with one attached hydrogen (secondary N) is 1. The van der Waals surface area contributed by atoms with Crippen LogP contribution in [0.25, 0.3) is 0 Å². The minimum Gasteiger partial charge on any atom is -0.389 e. The largest absolute Gasteiger partial charge is 0.389 e. The zero-order valence-electron chi connectivity index (χ0n) is 10.8. The smallest absolute Gasteiger partial charge is 0.217 e. The Kier molecular flexibility index (Phi) is 7.91. The molecule has 1 amide bonds. The molecule has 6 heteroatoms. The van der Waals surface area contributed by atoms with E-state index in [1.165, 1.54) is 0 Å². The number of nitrogens with two attached hydrogens (primary N) is 1. The van der Waals surface area contributed by atoms with Crippen LogP contribution in [-0.2, 0) is 14.3 Å². The van der Waals surface area contributed by atoms with E-state index in [1.54, 1.807) is 0 Å². The highest BCUT2D eigenvalue weighted by molar-refractivity contribution is 5.73. The molecule has 0 aromatic carbocycles. The number of aliphatic hydroxyl groups is 1. The molecular formula is C12H24N2O4. The van der Waals surface area contributed by atoms with Crippen LogP contribution in [0.1, 0.15) is 25.7 Å². The number of hydrogen-bond donors (Lipinski definition) is 3. The molecule has 1 heterocycles. The van der Waals surface area contributed by atoms with Crippen molar-refractivity contribution in [3.8, 4) is 0 Å². The summed E-state index contributed by atoms with van der Waals surface area (Å²) in [6.07, 6.45) is 2.87. The topological polar surface area (TPSA) is 93.8 Å². The van der Waals surface area contributed by atoms with E-state index in [-0.39, 0.29) is 12.0 Å². The van der Waals surface area contributed by atoms with Crippen molar-refractivity contribution in [3.05, 3.63) is 0 Å². The Hall–Kier alpha value is -0.690. The molecule has 0 radical (unpaired) electrons. The van der Waals surface area contributed by atoms with Gasteiger partial charge in [0.05, 0.1) is 25.4 Å². The Morgan fingerprint density at radius 1 is 1.61 bits per heavy atom. The minimum absolute atomic E-state index is 0.195. The third kappa shape index (κ3) is 7.60. The van der Waals surface area contributed by atoms with Gasteiger partial charge in [0.1, 0.15) is 0 Å². The van der Waals surface area contributed by atoms with Crippen molar-refractivity contribution in [2.24, 2.45) is 5.73 Å². The first kappa shape index (κ1) is 15.4. The molecule has 0 aromatic rings. The summed E-state index contributed by atoms with van der Waals surface area (Å²) in [7, 11) is 0. The predicted molar refractivity (Wildman–Crippen MR) is 67.1 cm³/mol. The van der Waals surface area contributed by atoms with E-state index in [9.17, 15) is 9.90 Å². The van der Waals surface area contributed by atoms with Crippen molar-refractivity contribution in [3.63, 3.8) is 0 Å². The normalized spacial score (nSPS) is 21.1. The van der Waals surface area contributed by atoms with Crippen LogP contribution in [0.15, 0.2) is 0 Å². The Morgan fingerprint density at radius 2 is 2.44 bits per heavy atom. The van der Waals surface area contributed by atoms with Gasteiger partial charge >= 0.3 is 0 Å². The number of amides is 1. The highest BCUT2D eigenvalue weighted by Crippen LogP contribution is 2.11. The lowest BCUT2D eigenvalue weighted by Gasteiger charge is -2.14. The second-order valence-corrected chi connectivity index (χ2v) is 4.60. The monoisotopic (exact) mass is 260 g/mol. The van der Waals surface area contributed by atoms with Crippen LogP contribution in [-0.4, -0.2) is 56.1 Å². The van der Waals surface area contributed by atoms with Gasteiger partial charge in [-0.15, -0.1) is 0 Å². The lowest BCUT2D eigenvalue weighted by Crippen LogP contribution is -2.32. The Morgan fingerprint density at radius 3 is 3.11 bits per heavy atom. The van der Waals surface area contributed by atoms with Gasteiger partial charge in [0.2, 0.25) is 5.91 Å². The third-order valence-electron chi connectivity index (χ3n) is 2.79. The van der Waals surface area contributed by atoms with E-state index in [1.807, 2.05) is 0 Å². The van der Waals surface area contributed by atoms with Gasteiger partial charge < -0.3 is 25.6 Å². The molecule has 0 saturated carbocycles. The van der Waals surface area contributed by atoms with Crippen LogP contribution < -0.4 is 11.1 Å². The molecule has 4 N–H and O–H groups in total. The predicted octanol–water partition coefficient (Wildman–Crippen LogP) is -0.602. The summed E-state index contributed by atoms with van der Waals surface area (Å²) >= 11 is 0. The summed E-state index contributed by atoms with van der Waals surface area (Å²) in [5, 5.41) is 12.7. The van der Waals surface area contributed by atoms with E-state index >= 15 is 0 Å². The van der Waals surface area contributed by atoms with E-state index in [0.29, 0.717) is 39.1 Å². The molecule has 2 unspecified atom stereocenters. The van der Waals surface area contributed by atoms with Crippen molar-refractivity contribution < 1.29 is 19.4 Å². The van der Waals surface area contributed by atoms with Gasteiger partial charge in [-0.05, 0) is 25.8 Å². The number of carbonyl (C=O) groups is 1. The van der Waals surface area contributed by atoms with Gasteiger partial charge in [0.25, 0.3) is 0 Å². The van der Waals surface area contributed by atoms with Gasteiger partial charge in [-0.3, -0.25) is 4.79 Å². The van der Waals surface area contributed by atoms with Gasteiger partial charge in [-0.1, -0.05) is 0 Å². The molecule has 106 valence electrons. The fourth-order valence-electron chi connectivity index (χ4n) is 1.83. The number of carbonyl (C=O) groups excluding carboxylic acids is 1. The van der Waals surface area contributed by atoms with E-state index < -0.39 is 6.10 Å². The highest BCUT2D eigenvalue weighted by atomic mass is 16.5. The SMILES string of the molecule is NC(=O)CCCNCC(O)COCC1CCCO1. The second kappa shape index (κ2) is 9.27. The summed E-state index contributed by atoms with van der Waals surface area (Å²) in [4.78, 5) is 10.5. The van der Waals surface area contributed by atoms with Crippen LogP contribution in [0.2, 0.25) is 0 Å². The maximum atomic E-state index is 10.5. The molecule has 6 nitrogen and oxygen atoms in total. The van der Waals surface area contributed by atoms with Crippen LogP contribution in [0, 0.1) is 0 Å². The zero-order chi connectivity index (χ0) is 13.2. The van der Waals surface area contributed by atoms with Crippen molar-refractivity contribution >= 4 is 5.91 Å². The molecule has 1 aliphatic heterocycles. The molecule has 1 saturated heterocycles. The number of ether oxygens (including phenoxy) is 2. The fourth-order valence-corrected chi connectivity index (χ4v) is 1.83. The van der Waals surface area contributed by atoms with Crippen LogP contribution in [0.4, 0.5) is 0 Å². The molecule has 2 atom stereocenters. The summed E-state index contributed by atoms with van der Waals surface area (Å²) in [5.74, 6) is -0.294. The molecule has 18 heavy (non-hydrogen) atoms. The Bertz CT molecular complexity index is 232.